The van der Waals surface area contributed by atoms with E-state index in [0.29, 0.717) is 18.9 Å². The van der Waals surface area contributed by atoms with Crippen molar-refractivity contribution in [2.24, 2.45) is 5.92 Å². The van der Waals surface area contributed by atoms with Crippen LogP contribution in [0, 0.1) is 5.92 Å². The first-order chi connectivity index (χ1) is 22.7. The van der Waals surface area contributed by atoms with Crippen molar-refractivity contribution in [3.05, 3.63) is 12.2 Å². The summed E-state index contributed by atoms with van der Waals surface area (Å²) in [5.41, 5.74) is 0. The molecule has 0 saturated heterocycles. The third-order valence-electron chi connectivity index (χ3n) is 10.1. The van der Waals surface area contributed by atoms with Gasteiger partial charge >= 0.3 is 5.97 Å². The lowest BCUT2D eigenvalue weighted by molar-refractivity contribution is -0.145. The Hall–Kier alpha value is -0.790. The Morgan fingerprint density at radius 3 is 1.09 bits per heavy atom. The molecule has 2 nitrogen and oxygen atoms in total. The molecule has 0 bridgehead atoms. The molecule has 0 fully saturated rings. The minimum absolute atomic E-state index is 0.0529. The van der Waals surface area contributed by atoms with E-state index in [0.717, 1.165) is 6.42 Å². The van der Waals surface area contributed by atoms with E-state index in [1.165, 1.54) is 218 Å². The zero-order valence-corrected chi connectivity index (χ0v) is 32.2. The van der Waals surface area contributed by atoms with Crippen molar-refractivity contribution in [2.75, 3.05) is 6.61 Å². The summed E-state index contributed by atoms with van der Waals surface area (Å²) in [6.45, 7) is 7.53. The zero-order chi connectivity index (χ0) is 33.4. The van der Waals surface area contributed by atoms with E-state index in [-0.39, 0.29) is 5.97 Å². The fraction of sp³-hybridized carbons (Fsp3) is 0.932. The number of hydrogen-bond acceptors (Lipinski definition) is 2. The number of ether oxygens (including phenoxy) is 1. The topological polar surface area (TPSA) is 26.3 Å². The fourth-order valence-corrected chi connectivity index (χ4v) is 6.77. The summed E-state index contributed by atoms with van der Waals surface area (Å²) >= 11 is 0. The molecule has 0 rings (SSSR count). The van der Waals surface area contributed by atoms with Crippen LogP contribution in [0.2, 0.25) is 0 Å². The number of esters is 1. The summed E-state index contributed by atoms with van der Waals surface area (Å²) < 4.78 is 5.82. The van der Waals surface area contributed by atoms with Crippen molar-refractivity contribution >= 4 is 5.97 Å². The zero-order valence-electron chi connectivity index (χ0n) is 32.2. The van der Waals surface area contributed by atoms with Gasteiger partial charge in [0.2, 0.25) is 0 Å². The average Bonchev–Trinajstić information content (AvgIpc) is 3.06. The maximum Gasteiger partial charge on any atom is 0.305 e. The first kappa shape index (κ1) is 45.2. The summed E-state index contributed by atoms with van der Waals surface area (Å²) in [6.07, 6.45) is 52.5. The molecule has 1 atom stereocenters. The Bertz CT molecular complexity index is 597. The van der Waals surface area contributed by atoms with E-state index in [2.05, 4.69) is 32.9 Å². The molecule has 0 saturated carbocycles. The predicted molar refractivity (Wildman–Crippen MR) is 207 cm³/mol. The molecular weight excluding hydrogens is 560 g/mol. The lowest BCUT2D eigenvalue weighted by Crippen LogP contribution is -2.14. The molecule has 0 amide bonds. The van der Waals surface area contributed by atoms with Crippen LogP contribution in [0.15, 0.2) is 12.2 Å². The molecule has 0 N–H and O–H groups in total. The Balaban J connectivity index is 3.71. The first-order valence-corrected chi connectivity index (χ1v) is 21.5. The first-order valence-electron chi connectivity index (χ1n) is 21.5. The minimum Gasteiger partial charge on any atom is -0.465 e. The largest absolute Gasteiger partial charge is 0.465 e. The molecule has 1 unspecified atom stereocenters. The van der Waals surface area contributed by atoms with Gasteiger partial charge in [-0.1, -0.05) is 213 Å². The Morgan fingerprint density at radius 1 is 0.413 bits per heavy atom. The molecule has 0 aromatic heterocycles. The molecule has 0 aliphatic rings. The summed E-state index contributed by atoms with van der Waals surface area (Å²) in [7, 11) is 0. The number of carbonyl (C=O) groups excluding carboxylic acids is 1. The van der Waals surface area contributed by atoms with Crippen LogP contribution in [-0.4, -0.2) is 12.6 Å². The molecule has 0 spiro atoms. The van der Waals surface area contributed by atoms with Gasteiger partial charge in [-0.2, -0.15) is 0 Å². The van der Waals surface area contributed by atoms with Gasteiger partial charge in [0.1, 0.15) is 0 Å². The Kier molecular flexibility index (Phi) is 39.7. The molecule has 0 aliphatic heterocycles. The Morgan fingerprint density at radius 2 is 0.717 bits per heavy atom. The molecule has 0 aromatic carbocycles. The lowest BCUT2D eigenvalue weighted by Gasteiger charge is -2.17. The number of allylic oxidation sites excluding steroid dienone is 2. The van der Waals surface area contributed by atoms with Gasteiger partial charge in [-0.15, -0.1) is 0 Å². The quantitative estimate of drug-likeness (QED) is 0.0377. The SMILES string of the molecule is CCCCCCCCC=CCCCCCCCCCCCCCC(=O)OCC(CCCCCCCC)CCCCCCCCCC. The summed E-state index contributed by atoms with van der Waals surface area (Å²) in [5.74, 6) is 0.629. The maximum absolute atomic E-state index is 12.5. The van der Waals surface area contributed by atoms with E-state index < -0.39 is 0 Å². The number of hydrogen-bond donors (Lipinski definition) is 0. The van der Waals surface area contributed by atoms with E-state index in [4.69, 9.17) is 4.74 Å². The predicted octanol–water partition coefficient (Wildman–Crippen LogP) is 15.8. The van der Waals surface area contributed by atoms with Gasteiger partial charge in [0.05, 0.1) is 6.61 Å². The fourth-order valence-electron chi connectivity index (χ4n) is 6.77. The number of unbranched alkanes of at least 4 members (excludes halogenated alkanes) is 29. The van der Waals surface area contributed by atoms with Crippen LogP contribution in [-0.2, 0) is 9.53 Å². The van der Waals surface area contributed by atoms with Crippen molar-refractivity contribution in [1.82, 2.24) is 0 Å². The van der Waals surface area contributed by atoms with Crippen molar-refractivity contribution in [2.45, 2.75) is 252 Å². The van der Waals surface area contributed by atoms with Crippen molar-refractivity contribution in [3.63, 3.8) is 0 Å². The van der Waals surface area contributed by atoms with Gasteiger partial charge in [-0.05, 0) is 50.9 Å². The molecule has 274 valence electrons. The van der Waals surface area contributed by atoms with E-state index in [1.807, 2.05) is 0 Å². The summed E-state index contributed by atoms with van der Waals surface area (Å²) in [4.78, 5) is 12.5. The maximum atomic E-state index is 12.5. The van der Waals surface area contributed by atoms with Crippen LogP contribution >= 0.6 is 0 Å². The highest BCUT2D eigenvalue weighted by Gasteiger charge is 2.12. The van der Waals surface area contributed by atoms with E-state index in [9.17, 15) is 4.79 Å². The number of rotatable bonds is 39. The standard InChI is InChI=1S/C44H86O2/c1-4-7-10-13-16-18-19-20-21-22-23-24-25-26-27-28-29-30-32-35-38-41-44(45)46-42-43(39-36-33-15-12-9-6-3)40-37-34-31-17-14-11-8-5-2/h20-21,43H,4-19,22-42H2,1-3H3. The molecule has 0 heterocycles. The third kappa shape index (κ3) is 37.7. The van der Waals surface area contributed by atoms with Gasteiger partial charge in [0, 0.05) is 6.42 Å². The second-order valence-electron chi connectivity index (χ2n) is 14.8. The minimum atomic E-state index is 0.0529. The molecule has 0 radical (unpaired) electrons. The molecule has 46 heavy (non-hydrogen) atoms. The van der Waals surface area contributed by atoms with Gasteiger partial charge < -0.3 is 4.74 Å². The summed E-state index contributed by atoms with van der Waals surface area (Å²) in [6, 6.07) is 0. The molecule has 0 aliphatic carbocycles. The molecule has 0 aromatic rings. The number of carbonyl (C=O) groups is 1. The van der Waals surface area contributed by atoms with Crippen molar-refractivity contribution < 1.29 is 9.53 Å². The van der Waals surface area contributed by atoms with Crippen LogP contribution in [0.3, 0.4) is 0 Å². The van der Waals surface area contributed by atoms with Gasteiger partial charge in [-0.25, -0.2) is 0 Å². The second kappa shape index (κ2) is 40.4. The van der Waals surface area contributed by atoms with E-state index >= 15 is 0 Å². The average molecular weight is 647 g/mol. The summed E-state index contributed by atoms with van der Waals surface area (Å²) in [5, 5.41) is 0. The van der Waals surface area contributed by atoms with E-state index in [1.54, 1.807) is 0 Å². The van der Waals surface area contributed by atoms with Gasteiger partial charge in [0.25, 0.3) is 0 Å². The van der Waals surface area contributed by atoms with Crippen LogP contribution in [0.5, 0.6) is 0 Å². The highest BCUT2D eigenvalue weighted by atomic mass is 16.5. The molecular formula is C44H86O2. The van der Waals surface area contributed by atoms with Crippen molar-refractivity contribution in [3.8, 4) is 0 Å². The normalized spacial score (nSPS) is 12.3. The lowest BCUT2D eigenvalue weighted by atomic mass is 9.94. The van der Waals surface area contributed by atoms with Crippen LogP contribution in [0.1, 0.15) is 252 Å². The van der Waals surface area contributed by atoms with Crippen LogP contribution in [0.25, 0.3) is 0 Å². The monoisotopic (exact) mass is 647 g/mol. The second-order valence-corrected chi connectivity index (χ2v) is 14.8. The highest BCUT2D eigenvalue weighted by Crippen LogP contribution is 2.21. The Labute approximate surface area is 291 Å². The molecule has 2 heteroatoms. The van der Waals surface area contributed by atoms with Crippen molar-refractivity contribution in [1.29, 1.82) is 0 Å². The van der Waals surface area contributed by atoms with Crippen LogP contribution < -0.4 is 0 Å². The highest BCUT2D eigenvalue weighted by molar-refractivity contribution is 5.69. The smallest absolute Gasteiger partial charge is 0.305 e. The van der Waals surface area contributed by atoms with Crippen LogP contribution in [0.4, 0.5) is 0 Å². The third-order valence-corrected chi connectivity index (χ3v) is 10.1. The van der Waals surface area contributed by atoms with Gasteiger partial charge in [-0.3, -0.25) is 4.79 Å². The van der Waals surface area contributed by atoms with Gasteiger partial charge in [0.15, 0.2) is 0 Å².